The highest BCUT2D eigenvalue weighted by atomic mass is 16.5. The van der Waals surface area contributed by atoms with Crippen molar-refractivity contribution in [3.63, 3.8) is 0 Å². The van der Waals surface area contributed by atoms with Crippen molar-refractivity contribution in [2.45, 2.75) is 67.9 Å². The number of piperidine rings is 1. The number of amides is 1. The molecule has 2 aliphatic carbocycles. The summed E-state index contributed by atoms with van der Waals surface area (Å²) >= 11 is 0. The van der Waals surface area contributed by atoms with E-state index in [0.717, 1.165) is 22.3 Å². The lowest BCUT2D eigenvalue weighted by molar-refractivity contribution is -0.202. The first kappa shape index (κ1) is 23.1. The van der Waals surface area contributed by atoms with Gasteiger partial charge in [0, 0.05) is 24.7 Å². The van der Waals surface area contributed by atoms with Crippen LogP contribution in [0.2, 0.25) is 0 Å². The SMILES string of the molecule is Cc1cccc(C=CC(=O)N(C)[C@H]2CC[C@@]3(O)[C@H]4Cc5ccc(O)c6c5[C@@]3(CC(C#N)N4C)[C@H]2O6)c1. The molecule has 7 heteroatoms. The monoisotopic (exact) mass is 485 g/mol. The lowest BCUT2D eigenvalue weighted by atomic mass is 9.47. The highest BCUT2D eigenvalue weighted by Gasteiger charge is 2.74. The number of nitrogens with zero attached hydrogens (tertiary/aromatic N) is 3. The summed E-state index contributed by atoms with van der Waals surface area (Å²) in [6.45, 7) is 2.01. The molecule has 1 amide bonds. The van der Waals surface area contributed by atoms with E-state index in [0.29, 0.717) is 31.4 Å². The van der Waals surface area contributed by atoms with Crippen LogP contribution in [0, 0.1) is 18.3 Å². The van der Waals surface area contributed by atoms with Gasteiger partial charge in [-0.05, 0) is 62.9 Å². The minimum Gasteiger partial charge on any atom is -0.504 e. The van der Waals surface area contributed by atoms with Crippen molar-refractivity contribution in [1.29, 1.82) is 5.26 Å². The molecule has 1 saturated heterocycles. The smallest absolute Gasteiger partial charge is 0.246 e. The van der Waals surface area contributed by atoms with E-state index in [9.17, 15) is 20.3 Å². The zero-order chi connectivity index (χ0) is 25.4. The third-order valence-corrected chi connectivity index (χ3v) is 9.26. The van der Waals surface area contributed by atoms with Crippen LogP contribution in [0.4, 0.5) is 0 Å². The number of ether oxygens (including phenoxy) is 1. The molecule has 7 nitrogen and oxygen atoms in total. The number of phenols is 1. The summed E-state index contributed by atoms with van der Waals surface area (Å²) in [7, 11) is 3.69. The van der Waals surface area contributed by atoms with Gasteiger partial charge in [-0.3, -0.25) is 9.69 Å². The lowest BCUT2D eigenvalue weighted by Crippen LogP contribution is -2.79. The Bertz CT molecular complexity index is 1330. The third kappa shape index (κ3) is 2.89. The first-order chi connectivity index (χ1) is 17.2. The van der Waals surface area contributed by atoms with Gasteiger partial charge in [0.15, 0.2) is 11.5 Å². The molecule has 1 spiro atoms. The minimum absolute atomic E-state index is 0.0397. The Hall–Kier alpha value is -3.34. The average molecular weight is 486 g/mol. The molecule has 6 rings (SSSR count). The Morgan fingerprint density at radius 2 is 2.14 bits per heavy atom. The van der Waals surface area contributed by atoms with Crippen LogP contribution in [0.1, 0.15) is 41.5 Å². The zero-order valence-electron chi connectivity index (χ0n) is 20.8. The van der Waals surface area contributed by atoms with Gasteiger partial charge in [0.1, 0.15) is 6.10 Å². The second-order valence-corrected chi connectivity index (χ2v) is 10.9. The molecule has 186 valence electrons. The molecule has 0 aromatic heterocycles. The van der Waals surface area contributed by atoms with Gasteiger partial charge in [-0.15, -0.1) is 0 Å². The van der Waals surface area contributed by atoms with Crippen LogP contribution in [0.5, 0.6) is 11.5 Å². The predicted molar refractivity (Wildman–Crippen MR) is 134 cm³/mol. The van der Waals surface area contributed by atoms with Crippen molar-refractivity contribution >= 4 is 12.0 Å². The molecule has 1 saturated carbocycles. The number of likely N-dealkylation sites (N-methyl/N-ethyl adjacent to an activating group) is 2. The van der Waals surface area contributed by atoms with Crippen molar-refractivity contribution in [2.75, 3.05) is 14.1 Å². The lowest BCUT2D eigenvalue weighted by Gasteiger charge is -2.65. The van der Waals surface area contributed by atoms with E-state index < -0.39 is 23.2 Å². The van der Waals surface area contributed by atoms with Crippen LogP contribution in [0.3, 0.4) is 0 Å². The van der Waals surface area contributed by atoms with Crippen molar-refractivity contribution in [2.24, 2.45) is 0 Å². The largest absolute Gasteiger partial charge is 0.504 e. The van der Waals surface area contributed by atoms with Crippen molar-refractivity contribution in [3.05, 3.63) is 64.7 Å². The number of benzene rings is 2. The zero-order valence-corrected chi connectivity index (χ0v) is 20.8. The normalized spacial score (nSPS) is 34.1. The maximum Gasteiger partial charge on any atom is 0.246 e. The van der Waals surface area contributed by atoms with E-state index in [4.69, 9.17) is 4.74 Å². The number of hydrogen-bond donors (Lipinski definition) is 2. The molecule has 2 aliphatic heterocycles. The number of carbonyl (C=O) groups is 1. The average Bonchev–Trinajstić information content (AvgIpc) is 3.21. The molecular formula is C29H31N3O4. The molecule has 4 aliphatic rings. The molecular weight excluding hydrogens is 454 g/mol. The molecule has 6 atom stereocenters. The van der Waals surface area contributed by atoms with Gasteiger partial charge >= 0.3 is 0 Å². The number of carbonyl (C=O) groups excluding carboxylic acids is 1. The van der Waals surface area contributed by atoms with Crippen LogP contribution in [-0.4, -0.2) is 69.8 Å². The van der Waals surface area contributed by atoms with Crippen LogP contribution >= 0.6 is 0 Å². The second-order valence-electron chi connectivity index (χ2n) is 10.9. The van der Waals surface area contributed by atoms with Gasteiger partial charge in [0.05, 0.1) is 29.2 Å². The van der Waals surface area contributed by atoms with Gasteiger partial charge in [0.25, 0.3) is 0 Å². The van der Waals surface area contributed by atoms with Gasteiger partial charge in [-0.25, -0.2) is 0 Å². The summed E-state index contributed by atoms with van der Waals surface area (Å²) in [6.07, 6.45) is 4.85. The number of aryl methyl sites for hydroxylation is 1. The van der Waals surface area contributed by atoms with Gasteiger partial charge in [-0.2, -0.15) is 5.26 Å². The van der Waals surface area contributed by atoms with Crippen molar-refractivity contribution in [1.82, 2.24) is 9.80 Å². The first-order valence-electron chi connectivity index (χ1n) is 12.6. The fourth-order valence-electron chi connectivity index (χ4n) is 7.51. The molecule has 2 aromatic carbocycles. The molecule has 36 heavy (non-hydrogen) atoms. The number of aromatic hydroxyl groups is 1. The van der Waals surface area contributed by atoms with Crippen molar-refractivity contribution < 1.29 is 19.7 Å². The van der Waals surface area contributed by atoms with E-state index in [1.165, 1.54) is 0 Å². The maximum atomic E-state index is 13.3. The molecule has 1 unspecified atom stereocenters. The maximum absolute atomic E-state index is 13.3. The Kier molecular flexibility index (Phi) is 5.02. The Morgan fingerprint density at radius 1 is 1.33 bits per heavy atom. The van der Waals surface area contributed by atoms with Crippen molar-refractivity contribution in [3.8, 4) is 17.6 Å². The fraction of sp³-hybridized carbons (Fsp3) is 0.448. The first-order valence-corrected chi connectivity index (χ1v) is 12.6. The quantitative estimate of drug-likeness (QED) is 0.649. The summed E-state index contributed by atoms with van der Waals surface area (Å²) < 4.78 is 6.51. The minimum atomic E-state index is -1.12. The molecule has 2 N–H and O–H groups in total. The number of nitriles is 1. The van der Waals surface area contributed by atoms with E-state index in [1.807, 2.05) is 55.3 Å². The van der Waals surface area contributed by atoms with Gasteiger partial charge in [0.2, 0.25) is 5.91 Å². The predicted octanol–water partition coefficient (Wildman–Crippen LogP) is 2.92. The van der Waals surface area contributed by atoms with E-state index in [2.05, 4.69) is 6.07 Å². The summed E-state index contributed by atoms with van der Waals surface area (Å²) in [4.78, 5) is 17.0. The van der Waals surface area contributed by atoms with Crippen LogP contribution in [0.25, 0.3) is 6.08 Å². The third-order valence-electron chi connectivity index (χ3n) is 9.26. The Labute approximate surface area is 211 Å². The molecule has 2 bridgehead atoms. The topological polar surface area (TPSA) is 97.0 Å². The fourth-order valence-corrected chi connectivity index (χ4v) is 7.51. The summed E-state index contributed by atoms with van der Waals surface area (Å²) in [5.74, 6) is 0.293. The number of aliphatic hydroxyl groups is 1. The summed E-state index contributed by atoms with van der Waals surface area (Å²) in [6, 6.07) is 13.0. The number of likely N-dealkylation sites (tertiary alicyclic amines) is 1. The summed E-state index contributed by atoms with van der Waals surface area (Å²) in [5.41, 5.74) is 1.96. The summed E-state index contributed by atoms with van der Waals surface area (Å²) in [5, 5.41) is 33.1. The van der Waals surface area contributed by atoms with E-state index in [1.54, 1.807) is 24.1 Å². The number of hydrogen-bond acceptors (Lipinski definition) is 6. The van der Waals surface area contributed by atoms with Crippen LogP contribution < -0.4 is 4.74 Å². The highest BCUT2D eigenvalue weighted by molar-refractivity contribution is 5.92. The van der Waals surface area contributed by atoms with Gasteiger partial charge in [-0.1, -0.05) is 35.9 Å². The Balaban J connectivity index is 1.41. The van der Waals surface area contributed by atoms with Crippen LogP contribution in [0.15, 0.2) is 42.5 Å². The van der Waals surface area contributed by atoms with E-state index in [-0.39, 0.29) is 23.7 Å². The Morgan fingerprint density at radius 3 is 2.89 bits per heavy atom. The number of phenolic OH excluding ortho intramolecular Hbond substituents is 1. The standard InChI is InChI=1S/C29H31N3O4/c1-17-5-4-6-18(13-17)7-10-24(34)32(3)21-11-12-29(35)23-14-19-8-9-22(33)26-25(19)28(29,27(21)36-26)15-20(16-30)31(23)2/h4-10,13,20-21,23,27,33,35H,11-12,14-15H2,1-3H3/t20?,21-,23+,27-,28-,29+/m0/s1. The van der Waals surface area contributed by atoms with Gasteiger partial charge < -0.3 is 19.8 Å². The van der Waals surface area contributed by atoms with E-state index >= 15 is 0 Å². The van der Waals surface area contributed by atoms with Crippen LogP contribution in [-0.2, 0) is 16.6 Å². The number of rotatable bonds is 3. The molecule has 2 fully saturated rings. The molecule has 0 radical (unpaired) electrons. The molecule has 2 aromatic rings. The molecule has 2 heterocycles. The second kappa shape index (κ2) is 7.83. The highest BCUT2D eigenvalue weighted by Crippen LogP contribution is 2.66.